The van der Waals surface area contributed by atoms with Gasteiger partial charge in [0.05, 0.1) is 0 Å². The normalized spacial score (nSPS) is 10.2. The second kappa shape index (κ2) is 2.82. The number of nitrogens with zero attached hydrogens (tertiary/aromatic N) is 1. The van der Waals surface area contributed by atoms with E-state index in [9.17, 15) is 5.11 Å². The third-order valence-corrected chi connectivity index (χ3v) is 1.63. The van der Waals surface area contributed by atoms with Crippen molar-refractivity contribution in [3.63, 3.8) is 0 Å². The van der Waals surface area contributed by atoms with Gasteiger partial charge in [-0.1, -0.05) is 30.3 Å². The van der Waals surface area contributed by atoms with Crippen LogP contribution < -0.4 is 0 Å². The van der Waals surface area contributed by atoms with Gasteiger partial charge in [0, 0.05) is 5.56 Å². The Morgan fingerprint density at radius 3 is 2.31 bits per heavy atom. The highest BCUT2D eigenvalue weighted by atomic mass is 16.5. The molecule has 0 amide bonds. The van der Waals surface area contributed by atoms with Gasteiger partial charge in [-0.05, 0) is 0 Å². The Labute approximate surface area is 74.1 Å². The Bertz CT molecular complexity index is 408. The Morgan fingerprint density at radius 2 is 1.77 bits per heavy atom. The van der Waals surface area contributed by atoms with Crippen LogP contribution in [0, 0.1) is 0 Å². The molecule has 2 N–H and O–H groups in total. The summed E-state index contributed by atoms with van der Waals surface area (Å²) in [6, 6.07) is 8.94. The van der Waals surface area contributed by atoms with Crippen LogP contribution in [0.2, 0.25) is 0 Å². The SMILES string of the molecule is Oc1nc(O)c(-c2ccccc2)o1. The van der Waals surface area contributed by atoms with Gasteiger partial charge in [0.15, 0.2) is 0 Å². The standard InChI is InChI=1S/C9H7NO3/c11-8-7(13-9(12)10-8)6-4-2-1-3-5-6/h1-5,11H,(H,10,12). The predicted molar refractivity (Wildman–Crippen MR) is 45.3 cm³/mol. The van der Waals surface area contributed by atoms with Crippen LogP contribution in [0.1, 0.15) is 0 Å². The molecule has 0 aliphatic rings. The highest BCUT2D eigenvalue weighted by Gasteiger charge is 2.12. The van der Waals surface area contributed by atoms with E-state index in [0.29, 0.717) is 5.56 Å². The minimum atomic E-state index is -0.531. The molecule has 0 saturated carbocycles. The largest absolute Gasteiger partial charge is 0.490 e. The fraction of sp³-hybridized carbons (Fsp3) is 0. The highest BCUT2D eigenvalue weighted by Crippen LogP contribution is 2.31. The van der Waals surface area contributed by atoms with Gasteiger partial charge in [0.25, 0.3) is 5.88 Å². The molecule has 4 nitrogen and oxygen atoms in total. The zero-order valence-corrected chi connectivity index (χ0v) is 6.64. The van der Waals surface area contributed by atoms with Gasteiger partial charge in [-0.15, -0.1) is 4.98 Å². The van der Waals surface area contributed by atoms with Crippen molar-refractivity contribution >= 4 is 0 Å². The van der Waals surface area contributed by atoms with E-state index in [4.69, 9.17) is 9.52 Å². The van der Waals surface area contributed by atoms with Crippen LogP contribution in [-0.2, 0) is 0 Å². The van der Waals surface area contributed by atoms with Gasteiger partial charge in [-0.3, -0.25) is 0 Å². The van der Waals surface area contributed by atoms with E-state index in [2.05, 4.69) is 4.98 Å². The molecule has 0 saturated heterocycles. The molecule has 1 aromatic carbocycles. The van der Waals surface area contributed by atoms with Crippen molar-refractivity contribution in [2.45, 2.75) is 0 Å². The number of hydrogen-bond acceptors (Lipinski definition) is 4. The minimum Gasteiger partial charge on any atom is -0.490 e. The predicted octanol–water partition coefficient (Wildman–Crippen LogP) is 1.75. The molecule has 13 heavy (non-hydrogen) atoms. The first-order chi connectivity index (χ1) is 6.27. The molecule has 2 aromatic rings. The molecule has 0 fully saturated rings. The Morgan fingerprint density at radius 1 is 1.08 bits per heavy atom. The van der Waals surface area contributed by atoms with Crippen molar-refractivity contribution in [2.75, 3.05) is 0 Å². The number of oxazole rings is 1. The minimum absolute atomic E-state index is 0.179. The first-order valence-corrected chi connectivity index (χ1v) is 3.71. The van der Waals surface area contributed by atoms with Gasteiger partial charge >= 0.3 is 6.08 Å². The summed E-state index contributed by atoms with van der Waals surface area (Å²) in [7, 11) is 0. The van der Waals surface area contributed by atoms with Crippen LogP contribution >= 0.6 is 0 Å². The topological polar surface area (TPSA) is 66.5 Å². The molecular weight excluding hydrogens is 170 g/mol. The van der Waals surface area contributed by atoms with Crippen LogP contribution in [0.4, 0.5) is 0 Å². The molecule has 2 rings (SSSR count). The maximum atomic E-state index is 9.22. The molecule has 0 radical (unpaired) electrons. The third kappa shape index (κ3) is 1.33. The molecular formula is C9H7NO3. The molecule has 0 atom stereocenters. The summed E-state index contributed by atoms with van der Waals surface area (Å²) in [5.41, 5.74) is 0.674. The van der Waals surface area contributed by atoms with Gasteiger partial charge in [0.2, 0.25) is 5.76 Å². The van der Waals surface area contributed by atoms with Gasteiger partial charge in [0.1, 0.15) is 0 Å². The van der Waals surface area contributed by atoms with Gasteiger partial charge in [-0.25, -0.2) is 0 Å². The molecule has 1 heterocycles. The van der Waals surface area contributed by atoms with E-state index in [1.54, 1.807) is 24.3 Å². The summed E-state index contributed by atoms with van der Waals surface area (Å²) >= 11 is 0. The van der Waals surface area contributed by atoms with E-state index in [1.807, 2.05) is 6.07 Å². The summed E-state index contributed by atoms with van der Waals surface area (Å²) in [4.78, 5) is 3.33. The smallest absolute Gasteiger partial charge is 0.395 e. The average Bonchev–Trinajstić information content (AvgIpc) is 2.47. The first-order valence-electron chi connectivity index (χ1n) is 3.71. The monoisotopic (exact) mass is 177 g/mol. The van der Waals surface area contributed by atoms with Crippen molar-refractivity contribution in [3.05, 3.63) is 30.3 Å². The number of aromatic hydroxyl groups is 2. The fourth-order valence-corrected chi connectivity index (χ4v) is 1.08. The van der Waals surface area contributed by atoms with E-state index >= 15 is 0 Å². The Balaban J connectivity index is 2.53. The summed E-state index contributed by atoms with van der Waals surface area (Å²) < 4.78 is 4.79. The van der Waals surface area contributed by atoms with Crippen molar-refractivity contribution in [3.8, 4) is 23.3 Å². The lowest BCUT2D eigenvalue weighted by Crippen LogP contribution is -1.72. The maximum absolute atomic E-state index is 9.22. The number of aromatic nitrogens is 1. The molecule has 0 aliphatic heterocycles. The zero-order valence-electron chi connectivity index (χ0n) is 6.64. The summed E-state index contributed by atoms with van der Waals surface area (Å²) in [6.45, 7) is 0. The van der Waals surface area contributed by atoms with Crippen LogP contribution in [0.15, 0.2) is 34.7 Å². The van der Waals surface area contributed by atoms with E-state index in [0.717, 1.165) is 0 Å². The molecule has 0 unspecified atom stereocenters. The lowest BCUT2D eigenvalue weighted by atomic mass is 10.2. The second-order valence-electron chi connectivity index (χ2n) is 2.52. The quantitative estimate of drug-likeness (QED) is 0.696. The zero-order chi connectivity index (χ0) is 9.26. The Hall–Kier alpha value is -1.97. The number of hydrogen-bond donors (Lipinski definition) is 2. The van der Waals surface area contributed by atoms with Crippen molar-refractivity contribution < 1.29 is 14.6 Å². The lowest BCUT2D eigenvalue weighted by Gasteiger charge is -1.93. The fourth-order valence-electron chi connectivity index (χ4n) is 1.08. The Kier molecular flexibility index (Phi) is 1.66. The molecule has 1 aromatic heterocycles. The van der Waals surface area contributed by atoms with Crippen LogP contribution in [0.5, 0.6) is 12.0 Å². The number of rotatable bonds is 1. The summed E-state index contributed by atoms with van der Waals surface area (Å²) in [5, 5.41) is 18.1. The molecule has 0 spiro atoms. The van der Waals surface area contributed by atoms with Crippen LogP contribution in [0.25, 0.3) is 11.3 Å². The van der Waals surface area contributed by atoms with Crippen molar-refractivity contribution in [1.29, 1.82) is 0 Å². The second-order valence-corrected chi connectivity index (χ2v) is 2.52. The van der Waals surface area contributed by atoms with E-state index in [-0.39, 0.29) is 11.6 Å². The maximum Gasteiger partial charge on any atom is 0.395 e. The summed E-state index contributed by atoms with van der Waals surface area (Å²) in [6.07, 6.45) is -0.531. The molecule has 0 bridgehead atoms. The average molecular weight is 177 g/mol. The van der Waals surface area contributed by atoms with Gasteiger partial charge in [-0.2, -0.15) is 0 Å². The van der Waals surface area contributed by atoms with Crippen molar-refractivity contribution in [2.24, 2.45) is 0 Å². The third-order valence-electron chi connectivity index (χ3n) is 1.63. The van der Waals surface area contributed by atoms with Gasteiger partial charge < -0.3 is 14.6 Å². The molecule has 0 aliphatic carbocycles. The summed E-state index contributed by atoms with van der Waals surface area (Å²) in [5.74, 6) is -0.123. The first kappa shape index (κ1) is 7.67. The lowest BCUT2D eigenvalue weighted by molar-refractivity contribution is 0.320. The highest BCUT2D eigenvalue weighted by molar-refractivity contribution is 5.62. The van der Waals surface area contributed by atoms with Crippen LogP contribution in [-0.4, -0.2) is 15.2 Å². The molecule has 66 valence electrons. The van der Waals surface area contributed by atoms with Crippen molar-refractivity contribution in [1.82, 2.24) is 4.98 Å². The van der Waals surface area contributed by atoms with E-state index < -0.39 is 6.08 Å². The van der Waals surface area contributed by atoms with E-state index in [1.165, 1.54) is 0 Å². The number of benzene rings is 1. The molecule has 4 heteroatoms. The van der Waals surface area contributed by atoms with Crippen LogP contribution in [0.3, 0.4) is 0 Å².